The molecule has 1 amide bonds. The summed E-state index contributed by atoms with van der Waals surface area (Å²) < 4.78 is 5.51. The molecule has 20 heavy (non-hydrogen) atoms. The number of carbonyl (C=O) groups excluding carboxylic acids is 1. The third kappa shape index (κ3) is 2.60. The molecular weight excluding hydrogens is 254 g/mol. The second kappa shape index (κ2) is 5.97. The van der Waals surface area contributed by atoms with E-state index in [2.05, 4.69) is 10.3 Å². The number of hydrogen-bond acceptors (Lipinski definition) is 4. The predicted molar refractivity (Wildman–Crippen MR) is 75.8 cm³/mol. The van der Waals surface area contributed by atoms with Gasteiger partial charge in [0.1, 0.15) is 5.76 Å². The summed E-state index contributed by atoms with van der Waals surface area (Å²) in [6.45, 7) is 1.82. The van der Waals surface area contributed by atoms with Gasteiger partial charge in [-0.05, 0) is 44.2 Å². The number of nitrogens with two attached hydrogens (primary N) is 1. The van der Waals surface area contributed by atoms with Crippen molar-refractivity contribution in [2.24, 2.45) is 11.8 Å². The molecule has 5 heteroatoms. The normalized spacial score (nSPS) is 27.1. The fourth-order valence-electron chi connectivity index (χ4n) is 3.85. The van der Waals surface area contributed by atoms with Crippen molar-refractivity contribution in [1.29, 1.82) is 0 Å². The van der Waals surface area contributed by atoms with Crippen LogP contribution in [0.2, 0.25) is 0 Å². The van der Waals surface area contributed by atoms with Crippen LogP contribution >= 0.6 is 0 Å². The molecule has 3 rings (SSSR count). The highest BCUT2D eigenvalue weighted by Gasteiger charge is 2.34. The minimum atomic E-state index is -0.272. The number of nitrogens with zero attached hydrogens (tertiary/aromatic N) is 1. The Balaban J connectivity index is 1.73. The Bertz CT molecular complexity index is 469. The highest BCUT2D eigenvalue weighted by atomic mass is 16.3. The molecule has 1 aromatic heterocycles. The summed E-state index contributed by atoms with van der Waals surface area (Å²) in [5.74, 6) is 6.51. The van der Waals surface area contributed by atoms with Crippen molar-refractivity contribution in [2.45, 2.75) is 51.1 Å². The largest absolute Gasteiger partial charge is 0.467 e. The molecular formula is C15H23N3O2. The third-order valence-electron chi connectivity index (χ3n) is 4.83. The number of hydrazine groups is 1. The van der Waals surface area contributed by atoms with Gasteiger partial charge in [0.2, 0.25) is 0 Å². The number of piperidine rings is 1. The van der Waals surface area contributed by atoms with Crippen molar-refractivity contribution in [3.05, 3.63) is 23.7 Å². The highest BCUT2D eigenvalue weighted by molar-refractivity contribution is 5.94. The summed E-state index contributed by atoms with van der Waals surface area (Å²) in [5, 5.41) is 0. The van der Waals surface area contributed by atoms with Gasteiger partial charge in [-0.3, -0.25) is 15.1 Å². The van der Waals surface area contributed by atoms with Gasteiger partial charge >= 0.3 is 0 Å². The molecule has 2 fully saturated rings. The number of carbonyl (C=O) groups is 1. The molecule has 2 heterocycles. The quantitative estimate of drug-likeness (QED) is 0.504. The molecule has 0 bridgehead atoms. The summed E-state index contributed by atoms with van der Waals surface area (Å²) >= 11 is 0. The summed E-state index contributed by atoms with van der Waals surface area (Å²) in [4.78, 5) is 14.2. The molecule has 1 aliphatic heterocycles. The van der Waals surface area contributed by atoms with Gasteiger partial charge in [-0.25, -0.2) is 5.84 Å². The Morgan fingerprint density at radius 2 is 2.15 bits per heavy atom. The maximum absolute atomic E-state index is 11.7. The van der Waals surface area contributed by atoms with E-state index in [-0.39, 0.29) is 5.91 Å². The van der Waals surface area contributed by atoms with E-state index in [0.29, 0.717) is 11.6 Å². The Labute approximate surface area is 119 Å². The molecule has 0 spiro atoms. The first kappa shape index (κ1) is 13.6. The van der Waals surface area contributed by atoms with Crippen molar-refractivity contribution in [1.82, 2.24) is 10.3 Å². The van der Waals surface area contributed by atoms with Crippen LogP contribution in [0.5, 0.6) is 0 Å². The third-order valence-corrected chi connectivity index (χ3v) is 4.83. The average molecular weight is 277 g/mol. The second-order valence-electron chi connectivity index (χ2n) is 5.96. The fraction of sp³-hybridized carbons (Fsp3) is 0.667. The first-order valence-corrected chi connectivity index (χ1v) is 7.61. The van der Waals surface area contributed by atoms with Crippen molar-refractivity contribution < 1.29 is 9.21 Å². The summed E-state index contributed by atoms with van der Waals surface area (Å²) in [7, 11) is 0. The minimum absolute atomic E-state index is 0.272. The minimum Gasteiger partial charge on any atom is -0.467 e. The Kier molecular flexibility index (Phi) is 4.08. The lowest BCUT2D eigenvalue weighted by Gasteiger charge is -2.43. The Morgan fingerprint density at radius 1 is 1.35 bits per heavy atom. The molecule has 110 valence electrons. The highest BCUT2D eigenvalue weighted by Crippen LogP contribution is 2.36. The number of fused-ring (bicyclic) bond motifs is 1. The van der Waals surface area contributed by atoms with Gasteiger partial charge in [0.15, 0.2) is 0 Å². The van der Waals surface area contributed by atoms with Crippen molar-refractivity contribution >= 4 is 5.91 Å². The van der Waals surface area contributed by atoms with Crippen LogP contribution in [-0.4, -0.2) is 23.4 Å². The maximum Gasteiger partial charge on any atom is 0.268 e. The lowest BCUT2D eigenvalue weighted by Crippen LogP contribution is -2.46. The summed E-state index contributed by atoms with van der Waals surface area (Å²) in [6, 6.07) is 2.36. The van der Waals surface area contributed by atoms with Gasteiger partial charge in [0.05, 0.1) is 18.4 Å². The van der Waals surface area contributed by atoms with Gasteiger partial charge in [0, 0.05) is 6.04 Å². The van der Waals surface area contributed by atoms with E-state index in [1.54, 1.807) is 12.3 Å². The average Bonchev–Trinajstić information content (AvgIpc) is 2.95. The van der Waals surface area contributed by atoms with E-state index in [1.807, 2.05) is 0 Å². The van der Waals surface area contributed by atoms with Gasteiger partial charge in [0.25, 0.3) is 5.91 Å². The molecule has 5 nitrogen and oxygen atoms in total. The van der Waals surface area contributed by atoms with Crippen LogP contribution in [0.25, 0.3) is 0 Å². The van der Waals surface area contributed by atoms with E-state index >= 15 is 0 Å². The molecule has 1 saturated carbocycles. The number of rotatable bonds is 3. The van der Waals surface area contributed by atoms with Crippen molar-refractivity contribution in [3.8, 4) is 0 Å². The molecule has 0 aromatic carbocycles. The first-order chi connectivity index (χ1) is 9.79. The van der Waals surface area contributed by atoms with Gasteiger partial charge in [-0.15, -0.1) is 0 Å². The smallest absolute Gasteiger partial charge is 0.268 e. The Hall–Kier alpha value is -1.33. The van der Waals surface area contributed by atoms with Gasteiger partial charge < -0.3 is 4.42 Å². The SMILES string of the molecule is NNC(=O)c1ccoc1CN1CCCC2CCCCC21. The molecule has 0 radical (unpaired) electrons. The first-order valence-electron chi connectivity index (χ1n) is 7.61. The van der Waals surface area contributed by atoms with Crippen LogP contribution in [0.1, 0.15) is 54.6 Å². The van der Waals surface area contributed by atoms with E-state index in [0.717, 1.165) is 24.8 Å². The van der Waals surface area contributed by atoms with Crippen LogP contribution in [0, 0.1) is 5.92 Å². The molecule has 3 N–H and O–H groups in total. The number of hydrogen-bond donors (Lipinski definition) is 2. The number of nitrogen functional groups attached to an aromatic ring is 1. The van der Waals surface area contributed by atoms with Crippen LogP contribution < -0.4 is 11.3 Å². The number of furan rings is 1. The standard InChI is InChI=1S/C15H23N3O2/c16-17-15(19)12-7-9-20-14(12)10-18-8-3-5-11-4-1-2-6-13(11)18/h7,9,11,13H,1-6,8,10,16H2,(H,17,19). The van der Waals surface area contributed by atoms with Crippen LogP contribution in [0.3, 0.4) is 0 Å². The van der Waals surface area contributed by atoms with Gasteiger partial charge in [-0.2, -0.15) is 0 Å². The van der Waals surface area contributed by atoms with Crippen molar-refractivity contribution in [2.75, 3.05) is 6.54 Å². The maximum atomic E-state index is 11.7. The van der Waals surface area contributed by atoms with Crippen LogP contribution in [0.4, 0.5) is 0 Å². The monoisotopic (exact) mass is 277 g/mol. The molecule has 1 aliphatic carbocycles. The van der Waals surface area contributed by atoms with Crippen LogP contribution in [0.15, 0.2) is 16.7 Å². The van der Waals surface area contributed by atoms with E-state index in [9.17, 15) is 4.79 Å². The molecule has 2 aliphatic rings. The molecule has 2 unspecified atom stereocenters. The van der Waals surface area contributed by atoms with E-state index in [1.165, 1.54) is 38.5 Å². The van der Waals surface area contributed by atoms with Gasteiger partial charge in [-0.1, -0.05) is 12.8 Å². The van der Waals surface area contributed by atoms with E-state index in [4.69, 9.17) is 10.3 Å². The van der Waals surface area contributed by atoms with Crippen LogP contribution in [-0.2, 0) is 6.54 Å². The topological polar surface area (TPSA) is 71.5 Å². The zero-order valence-electron chi connectivity index (χ0n) is 11.8. The second-order valence-corrected chi connectivity index (χ2v) is 5.96. The number of likely N-dealkylation sites (tertiary alicyclic amines) is 1. The molecule has 1 aromatic rings. The zero-order chi connectivity index (χ0) is 13.9. The fourth-order valence-corrected chi connectivity index (χ4v) is 3.85. The lowest BCUT2D eigenvalue weighted by atomic mass is 9.78. The lowest BCUT2D eigenvalue weighted by molar-refractivity contribution is 0.0491. The summed E-state index contributed by atoms with van der Waals surface area (Å²) in [6.07, 6.45) is 9.51. The molecule has 2 atom stereocenters. The predicted octanol–water partition coefficient (Wildman–Crippen LogP) is 2.04. The number of amides is 1. The van der Waals surface area contributed by atoms with Crippen molar-refractivity contribution in [3.63, 3.8) is 0 Å². The zero-order valence-corrected chi connectivity index (χ0v) is 11.8. The molecule has 1 saturated heterocycles. The summed E-state index contributed by atoms with van der Waals surface area (Å²) in [5.41, 5.74) is 2.74. The Morgan fingerprint density at radius 3 is 3.00 bits per heavy atom. The number of nitrogens with one attached hydrogen (secondary N) is 1. The van der Waals surface area contributed by atoms with E-state index < -0.39 is 0 Å².